The molecule has 102 valence electrons. The van der Waals surface area contributed by atoms with Gasteiger partial charge in [0.05, 0.1) is 5.25 Å². The van der Waals surface area contributed by atoms with Crippen molar-refractivity contribution in [3.8, 4) is 0 Å². The van der Waals surface area contributed by atoms with Crippen molar-refractivity contribution >= 4 is 34.5 Å². The number of imide groups is 1. The number of halogens is 1. The number of carbonyl (C=O) groups is 2. The molecular formula is C14H16ClNO2S. The van der Waals surface area contributed by atoms with Gasteiger partial charge in [0.1, 0.15) is 0 Å². The van der Waals surface area contributed by atoms with Crippen molar-refractivity contribution < 1.29 is 9.59 Å². The first-order chi connectivity index (χ1) is 9.16. The first-order valence-corrected chi connectivity index (χ1v) is 7.67. The van der Waals surface area contributed by atoms with Gasteiger partial charge in [0.2, 0.25) is 5.91 Å². The van der Waals surface area contributed by atoms with E-state index >= 15 is 0 Å². The molecule has 1 unspecified atom stereocenters. The van der Waals surface area contributed by atoms with E-state index in [-0.39, 0.29) is 16.4 Å². The molecule has 2 amide bonds. The molecule has 1 heterocycles. The summed E-state index contributed by atoms with van der Waals surface area (Å²) >= 11 is 7.19. The number of hydrogen-bond acceptors (Lipinski definition) is 3. The van der Waals surface area contributed by atoms with E-state index in [1.807, 2.05) is 24.3 Å². The summed E-state index contributed by atoms with van der Waals surface area (Å²) in [5, 5.41) is 2.72. The predicted octanol–water partition coefficient (Wildman–Crippen LogP) is 3.79. The second-order valence-corrected chi connectivity index (χ2v) is 6.16. The monoisotopic (exact) mass is 297 g/mol. The summed E-state index contributed by atoms with van der Waals surface area (Å²) in [6, 6.07) is 7.87. The molecule has 0 spiro atoms. The minimum Gasteiger partial charge on any atom is -0.286 e. The van der Waals surface area contributed by atoms with Crippen molar-refractivity contribution in [1.29, 1.82) is 0 Å². The molecule has 1 atom stereocenters. The maximum absolute atomic E-state index is 11.3. The SMILES string of the molecule is O=C1NC(=O)C(CCCCCc2ccccc2Cl)S1. The minimum atomic E-state index is -0.217. The van der Waals surface area contributed by atoms with Crippen molar-refractivity contribution in [2.24, 2.45) is 0 Å². The second kappa shape index (κ2) is 6.96. The van der Waals surface area contributed by atoms with Crippen molar-refractivity contribution in [3.05, 3.63) is 34.9 Å². The summed E-state index contributed by atoms with van der Waals surface area (Å²) in [4.78, 5) is 22.3. The third-order valence-corrected chi connectivity index (χ3v) is 4.56. The highest BCUT2D eigenvalue weighted by Crippen LogP contribution is 2.24. The Hall–Kier alpha value is -1.000. The molecule has 1 N–H and O–H groups in total. The molecule has 5 heteroatoms. The van der Waals surface area contributed by atoms with E-state index < -0.39 is 0 Å². The second-order valence-electron chi connectivity index (χ2n) is 4.57. The lowest BCUT2D eigenvalue weighted by Crippen LogP contribution is -2.24. The summed E-state index contributed by atoms with van der Waals surface area (Å²) in [7, 11) is 0. The maximum Gasteiger partial charge on any atom is 0.286 e. The molecule has 0 bridgehead atoms. The minimum absolute atomic E-state index is 0.138. The van der Waals surface area contributed by atoms with E-state index in [4.69, 9.17) is 11.6 Å². The topological polar surface area (TPSA) is 46.2 Å². The Morgan fingerprint density at radius 2 is 1.95 bits per heavy atom. The third-order valence-electron chi connectivity index (χ3n) is 3.14. The Labute approximate surface area is 122 Å². The summed E-state index contributed by atoms with van der Waals surface area (Å²) in [5.74, 6) is -0.138. The number of nitrogens with one attached hydrogen (secondary N) is 1. The number of amides is 2. The van der Waals surface area contributed by atoms with Gasteiger partial charge in [-0.2, -0.15) is 0 Å². The highest BCUT2D eigenvalue weighted by molar-refractivity contribution is 8.15. The number of aryl methyl sites for hydroxylation is 1. The molecule has 1 aliphatic rings. The molecular weight excluding hydrogens is 282 g/mol. The largest absolute Gasteiger partial charge is 0.286 e. The number of unbranched alkanes of at least 4 members (excludes halogenated alkanes) is 2. The zero-order chi connectivity index (χ0) is 13.7. The number of benzene rings is 1. The van der Waals surface area contributed by atoms with Gasteiger partial charge in [-0.05, 0) is 30.9 Å². The third kappa shape index (κ3) is 4.25. The van der Waals surface area contributed by atoms with Crippen LogP contribution in [0.4, 0.5) is 4.79 Å². The van der Waals surface area contributed by atoms with Crippen LogP contribution in [0.2, 0.25) is 5.02 Å². The Balaban J connectivity index is 1.64. The molecule has 0 radical (unpaired) electrons. The van der Waals surface area contributed by atoms with Crippen LogP contribution in [0.25, 0.3) is 0 Å². The molecule has 19 heavy (non-hydrogen) atoms. The fraction of sp³-hybridized carbons (Fsp3) is 0.429. The maximum atomic E-state index is 11.3. The predicted molar refractivity (Wildman–Crippen MR) is 78.5 cm³/mol. The average molecular weight is 298 g/mol. The van der Waals surface area contributed by atoms with Crippen molar-refractivity contribution in [3.63, 3.8) is 0 Å². The molecule has 1 aromatic carbocycles. The molecule has 0 aliphatic carbocycles. The lowest BCUT2D eigenvalue weighted by Gasteiger charge is -2.06. The highest BCUT2D eigenvalue weighted by Gasteiger charge is 2.30. The van der Waals surface area contributed by atoms with Gasteiger partial charge in [-0.1, -0.05) is 54.4 Å². The molecule has 2 rings (SSSR count). The lowest BCUT2D eigenvalue weighted by molar-refractivity contribution is -0.119. The van der Waals surface area contributed by atoms with Crippen LogP contribution in [0.3, 0.4) is 0 Å². The first kappa shape index (κ1) is 14.4. The molecule has 3 nitrogen and oxygen atoms in total. The fourth-order valence-electron chi connectivity index (χ4n) is 2.11. The summed E-state index contributed by atoms with van der Waals surface area (Å²) in [6.07, 6.45) is 4.79. The molecule has 0 saturated carbocycles. The fourth-order valence-corrected chi connectivity index (χ4v) is 3.21. The van der Waals surface area contributed by atoms with Crippen LogP contribution in [-0.2, 0) is 11.2 Å². The summed E-state index contributed by atoms with van der Waals surface area (Å²) in [5.41, 5.74) is 1.17. The summed E-state index contributed by atoms with van der Waals surface area (Å²) < 4.78 is 0. The Morgan fingerprint density at radius 3 is 2.63 bits per heavy atom. The van der Waals surface area contributed by atoms with Crippen LogP contribution < -0.4 is 5.32 Å². The van der Waals surface area contributed by atoms with E-state index in [9.17, 15) is 9.59 Å². The summed E-state index contributed by atoms with van der Waals surface area (Å²) in [6.45, 7) is 0. The smallest absolute Gasteiger partial charge is 0.286 e. The highest BCUT2D eigenvalue weighted by atomic mass is 35.5. The van der Waals surface area contributed by atoms with Gasteiger partial charge >= 0.3 is 0 Å². The van der Waals surface area contributed by atoms with E-state index in [1.165, 1.54) is 5.56 Å². The number of rotatable bonds is 6. The van der Waals surface area contributed by atoms with Gasteiger partial charge in [0.25, 0.3) is 5.24 Å². The molecule has 1 aromatic rings. The van der Waals surface area contributed by atoms with Crippen molar-refractivity contribution in [1.82, 2.24) is 5.32 Å². The van der Waals surface area contributed by atoms with Crippen LogP contribution in [0.1, 0.15) is 31.2 Å². The first-order valence-electron chi connectivity index (χ1n) is 6.41. The quantitative estimate of drug-likeness (QED) is 0.813. The van der Waals surface area contributed by atoms with Gasteiger partial charge in [0, 0.05) is 5.02 Å². The average Bonchev–Trinajstić information content (AvgIpc) is 2.70. The molecule has 1 aliphatic heterocycles. The van der Waals surface area contributed by atoms with Gasteiger partial charge in [-0.3, -0.25) is 14.9 Å². The normalized spacial score (nSPS) is 18.7. The Bertz CT molecular complexity index is 478. The van der Waals surface area contributed by atoms with Gasteiger partial charge in [-0.25, -0.2) is 0 Å². The standard InChI is InChI=1S/C14H16ClNO2S/c15-11-8-5-4-7-10(11)6-2-1-3-9-12-13(17)16-14(18)19-12/h4-5,7-8,12H,1-3,6,9H2,(H,16,17,18). The van der Waals surface area contributed by atoms with E-state index in [1.54, 1.807) is 0 Å². The van der Waals surface area contributed by atoms with Crippen molar-refractivity contribution in [2.45, 2.75) is 37.4 Å². The van der Waals surface area contributed by atoms with Crippen LogP contribution >= 0.6 is 23.4 Å². The Kier molecular flexibility index (Phi) is 5.28. The van der Waals surface area contributed by atoms with Crippen LogP contribution in [-0.4, -0.2) is 16.4 Å². The van der Waals surface area contributed by atoms with E-state index in [2.05, 4.69) is 5.32 Å². The Morgan fingerprint density at radius 1 is 1.16 bits per heavy atom. The van der Waals surface area contributed by atoms with Crippen LogP contribution in [0.5, 0.6) is 0 Å². The van der Waals surface area contributed by atoms with Gasteiger partial charge in [0.15, 0.2) is 0 Å². The number of hydrogen-bond donors (Lipinski definition) is 1. The van der Waals surface area contributed by atoms with Gasteiger partial charge in [-0.15, -0.1) is 0 Å². The lowest BCUT2D eigenvalue weighted by atomic mass is 10.1. The zero-order valence-corrected chi connectivity index (χ0v) is 12.1. The van der Waals surface area contributed by atoms with Crippen LogP contribution in [0, 0.1) is 0 Å². The number of thioether (sulfide) groups is 1. The zero-order valence-electron chi connectivity index (χ0n) is 10.5. The van der Waals surface area contributed by atoms with E-state index in [0.717, 1.165) is 48.9 Å². The van der Waals surface area contributed by atoms with Crippen LogP contribution in [0.15, 0.2) is 24.3 Å². The van der Waals surface area contributed by atoms with Crippen molar-refractivity contribution in [2.75, 3.05) is 0 Å². The molecule has 0 aromatic heterocycles. The van der Waals surface area contributed by atoms with Gasteiger partial charge < -0.3 is 0 Å². The van der Waals surface area contributed by atoms with E-state index in [0.29, 0.717) is 0 Å². The molecule has 1 saturated heterocycles. The molecule has 1 fully saturated rings. The number of carbonyl (C=O) groups excluding carboxylic acids is 2.